The van der Waals surface area contributed by atoms with Crippen molar-refractivity contribution in [2.75, 3.05) is 0 Å². The topological polar surface area (TPSA) is 0 Å². The first-order valence-corrected chi connectivity index (χ1v) is 9.78. The molecule has 0 N–H and O–H groups in total. The first-order valence-electron chi connectivity index (χ1n) is 9.78. The van der Waals surface area contributed by atoms with Gasteiger partial charge in [-0.1, -0.05) is 53.2 Å². The molecule has 0 amide bonds. The Morgan fingerprint density at radius 2 is 1.73 bits per heavy atom. The summed E-state index contributed by atoms with van der Waals surface area (Å²) >= 11 is 0. The van der Waals surface area contributed by atoms with E-state index in [1.807, 2.05) is 0 Å². The van der Waals surface area contributed by atoms with Crippen LogP contribution in [0.4, 0.5) is 0 Å². The van der Waals surface area contributed by atoms with Crippen LogP contribution in [0.3, 0.4) is 0 Å². The minimum absolute atomic E-state index is 0.571. The van der Waals surface area contributed by atoms with E-state index in [-0.39, 0.29) is 0 Å². The summed E-state index contributed by atoms with van der Waals surface area (Å²) in [4.78, 5) is 0. The lowest BCUT2D eigenvalue weighted by Crippen LogP contribution is -2.37. The molecular formula is C22H38. The van der Waals surface area contributed by atoms with Crippen LogP contribution in [0, 0.1) is 39.9 Å². The van der Waals surface area contributed by atoms with Crippen LogP contribution in [0.1, 0.15) is 86.5 Å². The Hall–Kier alpha value is -0.260. The summed E-state index contributed by atoms with van der Waals surface area (Å²) < 4.78 is 0. The average molecular weight is 303 g/mol. The summed E-state index contributed by atoms with van der Waals surface area (Å²) in [6.45, 7) is 19.3. The maximum Gasteiger partial charge on any atom is -0.0175 e. The molecule has 3 fully saturated rings. The SMILES string of the molecule is C=C(C)C1CCC(C)(C2CCC3(C)CC(C)(C)CC23)C1CC. The molecule has 0 spiro atoms. The molecule has 0 bridgehead atoms. The van der Waals surface area contributed by atoms with Crippen LogP contribution >= 0.6 is 0 Å². The first-order chi connectivity index (χ1) is 10.1. The molecule has 22 heavy (non-hydrogen) atoms. The summed E-state index contributed by atoms with van der Waals surface area (Å²) in [5, 5.41) is 0. The molecule has 0 aromatic carbocycles. The quantitative estimate of drug-likeness (QED) is 0.500. The number of hydrogen-bond donors (Lipinski definition) is 0. The molecule has 3 rings (SSSR count). The zero-order chi connectivity index (χ0) is 16.3. The summed E-state index contributed by atoms with van der Waals surface area (Å²) in [7, 11) is 0. The predicted molar refractivity (Wildman–Crippen MR) is 96.8 cm³/mol. The maximum absolute atomic E-state index is 4.33. The summed E-state index contributed by atoms with van der Waals surface area (Å²) in [6, 6.07) is 0. The average Bonchev–Trinajstić information content (AvgIpc) is 2.95. The van der Waals surface area contributed by atoms with E-state index in [2.05, 4.69) is 48.1 Å². The number of allylic oxidation sites excluding steroid dienone is 1. The lowest BCUT2D eigenvalue weighted by Gasteiger charge is -2.43. The van der Waals surface area contributed by atoms with E-state index >= 15 is 0 Å². The van der Waals surface area contributed by atoms with E-state index in [4.69, 9.17) is 0 Å². The fourth-order valence-corrected chi connectivity index (χ4v) is 7.63. The molecule has 0 heteroatoms. The Kier molecular flexibility index (Phi) is 3.86. The van der Waals surface area contributed by atoms with Gasteiger partial charge in [0.25, 0.3) is 0 Å². The van der Waals surface area contributed by atoms with E-state index < -0.39 is 0 Å². The normalized spacial score (nSPS) is 50.3. The van der Waals surface area contributed by atoms with Crippen molar-refractivity contribution in [2.24, 2.45) is 39.9 Å². The van der Waals surface area contributed by atoms with Crippen LogP contribution in [0.15, 0.2) is 12.2 Å². The van der Waals surface area contributed by atoms with Crippen molar-refractivity contribution in [3.8, 4) is 0 Å². The van der Waals surface area contributed by atoms with Crippen molar-refractivity contribution in [1.82, 2.24) is 0 Å². The monoisotopic (exact) mass is 302 g/mol. The molecule has 6 unspecified atom stereocenters. The van der Waals surface area contributed by atoms with Gasteiger partial charge in [-0.3, -0.25) is 0 Å². The molecule has 0 aromatic heterocycles. The molecule has 3 aliphatic rings. The van der Waals surface area contributed by atoms with Crippen LogP contribution in [-0.2, 0) is 0 Å². The van der Waals surface area contributed by atoms with Gasteiger partial charge in [-0.25, -0.2) is 0 Å². The zero-order valence-corrected chi connectivity index (χ0v) is 16.0. The van der Waals surface area contributed by atoms with Gasteiger partial charge in [0.1, 0.15) is 0 Å². The van der Waals surface area contributed by atoms with Gasteiger partial charge >= 0.3 is 0 Å². The third kappa shape index (κ3) is 2.31. The lowest BCUT2D eigenvalue weighted by molar-refractivity contribution is 0.0581. The number of rotatable bonds is 3. The van der Waals surface area contributed by atoms with Crippen LogP contribution in [0.5, 0.6) is 0 Å². The van der Waals surface area contributed by atoms with Gasteiger partial charge in [-0.2, -0.15) is 0 Å². The van der Waals surface area contributed by atoms with Crippen molar-refractivity contribution in [1.29, 1.82) is 0 Å². The largest absolute Gasteiger partial charge is 0.0999 e. The maximum atomic E-state index is 4.33. The third-order valence-corrected chi connectivity index (χ3v) is 8.31. The molecule has 6 atom stereocenters. The van der Waals surface area contributed by atoms with Crippen LogP contribution in [0.2, 0.25) is 0 Å². The van der Waals surface area contributed by atoms with Crippen molar-refractivity contribution in [3.63, 3.8) is 0 Å². The van der Waals surface area contributed by atoms with E-state index in [1.165, 1.54) is 50.5 Å². The second-order valence-electron chi connectivity index (χ2n) is 10.5. The highest BCUT2D eigenvalue weighted by Crippen LogP contribution is 2.69. The van der Waals surface area contributed by atoms with Gasteiger partial charge in [0.15, 0.2) is 0 Å². The second-order valence-corrected chi connectivity index (χ2v) is 10.5. The number of hydrogen-bond acceptors (Lipinski definition) is 0. The zero-order valence-electron chi connectivity index (χ0n) is 16.0. The van der Waals surface area contributed by atoms with Crippen molar-refractivity contribution < 1.29 is 0 Å². The van der Waals surface area contributed by atoms with Crippen LogP contribution < -0.4 is 0 Å². The Morgan fingerprint density at radius 1 is 1.05 bits per heavy atom. The van der Waals surface area contributed by atoms with Gasteiger partial charge in [-0.15, -0.1) is 0 Å². The third-order valence-electron chi connectivity index (χ3n) is 8.31. The van der Waals surface area contributed by atoms with Gasteiger partial charge < -0.3 is 0 Å². The lowest BCUT2D eigenvalue weighted by atomic mass is 9.61. The molecule has 0 aliphatic heterocycles. The molecule has 3 saturated carbocycles. The van der Waals surface area contributed by atoms with Crippen molar-refractivity contribution in [2.45, 2.75) is 86.5 Å². The molecule has 0 saturated heterocycles. The fourth-order valence-electron chi connectivity index (χ4n) is 7.63. The minimum Gasteiger partial charge on any atom is -0.0999 e. The highest BCUT2D eigenvalue weighted by Gasteiger charge is 2.60. The molecule has 126 valence electrons. The van der Waals surface area contributed by atoms with Gasteiger partial charge in [0.2, 0.25) is 0 Å². The molecule has 0 aromatic rings. The first kappa shape index (κ1) is 16.6. The van der Waals surface area contributed by atoms with Crippen LogP contribution in [0.25, 0.3) is 0 Å². The van der Waals surface area contributed by atoms with E-state index in [0.29, 0.717) is 16.2 Å². The van der Waals surface area contributed by atoms with Crippen molar-refractivity contribution in [3.05, 3.63) is 12.2 Å². The van der Waals surface area contributed by atoms with E-state index in [1.54, 1.807) is 0 Å². The van der Waals surface area contributed by atoms with Gasteiger partial charge in [0, 0.05) is 0 Å². The highest BCUT2D eigenvalue weighted by molar-refractivity contribution is 5.13. The van der Waals surface area contributed by atoms with Crippen LogP contribution in [-0.4, -0.2) is 0 Å². The molecule has 0 heterocycles. The molecule has 0 nitrogen and oxygen atoms in total. The summed E-state index contributed by atoms with van der Waals surface area (Å²) in [5.41, 5.74) is 3.23. The van der Waals surface area contributed by atoms with Crippen molar-refractivity contribution >= 4 is 0 Å². The smallest absolute Gasteiger partial charge is 0.0175 e. The Balaban J connectivity index is 1.89. The van der Waals surface area contributed by atoms with E-state index in [9.17, 15) is 0 Å². The molecule has 0 radical (unpaired) electrons. The Morgan fingerprint density at radius 3 is 2.32 bits per heavy atom. The highest BCUT2D eigenvalue weighted by atomic mass is 14.7. The van der Waals surface area contributed by atoms with Gasteiger partial charge in [-0.05, 0) is 85.4 Å². The van der Waals surface area contributed by atoms with Gasteiger partial charge in [0.05, 0.1) is 0 Å². The Labute approximate surface area is 139 Å². The van der Waals surface area contributed by atoms with E-state index in [0.717, 1.165) is 23.7 Å². The molecule has 3 aliphatic carbocycles. The second kappa shape index (κ2) is 5.12. The number of fused-ring (bicyclic) bond motifs is 1. The predicted octanol–water partition coefficient (Wildman–Crippen LogP) is 6.86. The Bertz CT molecular complexity index is 459. The minimum atomic E-state index is 0.571. The molecular weight excluding hydrogens is 264 g/mol. The summed E-state index contributed by atoms with van der Waals surface area (Å²) in [5.74, 6) is 3.61. The fraction of sp³-hybridized carbons (Fsp3) is 0.909. The summed E-state index contributed by atoms with van der Waals surface area (Å²) in [6.07, 6.45) is 10.1. The standard InChI is InChI=1S/C22H38/c1-8-17-16(15(2)3)9-12-22(17,7)18-10-11-21(6)14-20(4,5)13-19(18)21/h16-19H,2,8-14H2,1,3-7H3.